The number of nitrogens with two attached hydrogens (primary N) is 1. The molecule has 0 atom stereocenters. The molecule has 2 aromatic heterocycles. The van der Waals surface area contributed by atoms with E-state index in [0.29, 0.717) is 34.1 Å². The third kappa shape index (κ3) is 3.28. The number of aryl methyl sites for hydroxylation is 2. The van der Waals surface area contributed by atoms with Crippen molar-refractivity contribution in [3.05, 3.63) is 22.6 Å². The van der Waals surface area contributed by atoms with Crippen LogP contribution in [0.15, 0.2) is 16.9 Å². The number of anilines is 1. The van der Waals surface area contributed by atoms with Crippen LogP contribution in [-0.2, 0) is 20.1 Å². The van der Waals surface area contributed by atoms with Crippen molar-refractivity contribution in [2.24, 2.45) is 7.05 Å². The molecule has 0 aliphatic heterocycles. The molecule has 3 N–H and O–H groups in total. The largest absolute Gasteiger partial charge is 0.406 e. The lowest BCUT2D eigenvalue weighted by Gasteiger charge is -2.17. The maximum Gasteiger partial charge on any atom is 0.406 e. The van der Waals surface area contributed by atoms with Crippen molar-refractivity contribution in [1.82, 2.24) is 18.7 Å². The fourth-order valence-electron chi connectivity index (χ4n) is 2.99. The van der Waals surface area contributed by atoms with Gasteiger partial charge in [-0.05, 0) is 32.4 Å². The van der Waals surface area contributed by atoms with Crippen LogP contribution in [0.2, 0.25) is 0 Å². The normalized spacial score (nSPS) is 13.2. The number of nitrogens with zero attached hydrogens (tertiary/aromatic N) is 4. The van der Waals surface area contributed by atoms with Crippen molar-refractivity contribution in [3.63, 3.8) is 0 Å². The van der Waals surface area contributed by atoms with E-state index in [4.69, 9.17) is 5.73 Å². The molecule has 0 aliphatic carbocycles. The van der Waals surface area contributed by atoms with Crippen LogP contribution in [0, 0.1) is 0 Å². The highest BCUT2D eigenvalue weighted by Gasteiger charge is 2.30. The number of halogens is 3. The lowest BCUT2D eigenvalue weighted by molar-refractivity contribution is -0.140. The number of nitrogen functional groups attached to an aromatic ring is 1. The van der Waals surface area contributed by atoms with Crippen LogP contribution < -0.4 is 11.4 Å². The molecule has 0 saturated carbocycles. The van der Waals surface area contributed by atoms with Crippen molar-refractivity contribution in [1.29, 1.82) is 0 Å². The minimum Gasteiger partial charge on any atom is -0.390 e. The highest BCUT2D eigenvalue weighted by Crippen LogP contribution is 2.27. The predicted molar refractivity (Wildman–Crippen MR) is 91.9 cm³/mol. The van der Waals surface area contributed by atoms with Crippen molar-refractivity contribution >= 4 is 28.0 Å². The topological polar surface area (TPSA) is 91.0 Å². The first-order valence-corrected chi connectivity index (χ1v) is 8.01. The number of fused-ring (bicyclic) bond motifs is 2. The molecule has 0 unspecified atom stereocenters. The molecule has 3 rings (SSSR count). The van der Waals surface area contributed by atoms with E-state index in [1.807, 2.05) is 0 Å². The van der Waals surface area contributed by atoms with Gasteiger partial charge in [0.15, 0.2) is 0 Å². The van der Waals surface area contributed by atoms with Gasteiger partial charge >= 0.3 is 11.9 Å². The monoisotopic (exact) mass is 371 g/mol. The van der Waals surface area contributed by atoms with Gasteiger partial charge in [0.2, 0.25) is 5.95 Å². The van der Waals surface area contributed by atoms with E-state index in [9.17, 15) is 23.1 Å². The van der Waals surface area contributed by atoms with Crippen molar-refractivity contribution in [3.8, 4) is 0 Å². The van der Waals surface area contributed by atoms with Crippen LogP contribution in [0.5, 0.6) is 0 Å². The number of hydrogen-bond acceptors (Lipinski definition) is 4. The van der Waals surface area contributed by atoms with Crippen molar-refractivity contribution in [2.45, 2.75) is 45.1 Å². The molecule has 7 nitrogen and oxygen atoms in total. The number of hydrogen-bond donors (Lipinski definition) is 2. The average Bonchev–Trinajstić information content (AvgIpc) is 2.90. The zero-order valence-electron chi connectivity index (χ0n) is 14.6. The molecule has 10 heteroatoms. The molecule has 0 radical (unpaired) electrons. The zero-order chi connectivity index (χ0) is 19.4. The van der Waals surface area contributed by atoms with E-state index < -0.39 is 24.0 Å². The summed E-state index contributed by atoms with van der Waals surface area (Å²) in [6.45, 7) is 2.27. The molecule has 0 aliphatic rings. The third-order valence-corrected chi connectivity index (χ3v) is 4.33. The number of rotatable bonds is 4. The average molecular weight is 371 g/mol. The number of aliphatic hydroxyl groups is 1. The Morgan fingerprint density at radius 2 is 1.81 bits per heavy atom. The minimum atomic E-state index is -4.52. The summed E-state index contributed by atoms with van der Waals surface area (Å²) < 4.78 is 42.1. The Bertz CT molecular complexity index is 1040. The molecule has 3 aromatic rings. The van der Waals surface area contributed by atoms with Gasteiger partial charge in [0.1, 0.15) is 6.54 Å². The van der Waals surface area contributed by atoms with E-state index in [1.165, 1.54) is 13.1 Å². The molecule has 0 saturated heterocycles. The maximum atomic E-state index is 12.9. The lowest BCUT2D eigenvalue weighted by atomic mass is 10.1. The summed E-state index contributed by atoms with van der Waals surface area (Å²) in [6.07, 6.45) is -4.14. The molecular weight excluding hydrogens is 351 g/mol. The fourth-order valence-corrected chi connectivity index (χ4v) is 2.99. The Hall–Kier alpha value is -2.49. The molecule has 0 fully saturated rings. The minimum absolute atomic E-state index is 0.159. The first kappa shape index (κ1) is 18.3. The Morgan fingerprint density at radius 3 is 2.38 bits per heavy atom. The Balaban J connectivity index is 2.21. The predicted octanol–water partition coefficient (Wildman–Crippen LogP) is 2.00. The van der Waals surface area contributed by atoms with Crippen LogP contribution in [0.25, 0.3) is 22.1 Å². The van der Waals surface area contributed by atoms with Gasteiger partial charge in [-0.15, -0.1) is 0 Å². The quantitative estimate of drug-likeness (QED) is 0.734. The van der Waals surface area contributed by atoms with E-state index in [0.717, 1.165) is 4.57 Å². The zero-order valence-corrected chi connectivity index (χ0v) is 14.6. The van der Waals surface area contributed by atoms with Gasteiger partial charge in [0, 0.05) is 13.6 Å². The first-order valence-electron chi connectivity index (χ1n) is 8.01. The number of alkyl halides is 3. The molecule has 0 amide bonds. The molecule has 2 heterocycles. The van der Waals surface area contributed by atoms with E-state index in [-0.39, 0.29) is 11.5 Å². The van der Waals surface area contributed by atoms with Crippen LogP contribution in [-0.4, -0.2) is 35.6 Å². The Labute approximate surface area is 146 Å². The van der Waals surface area contributed by atoms with Crippen LogP contribution >= 0.6 is 0 Å². The molecule has 1 aromatic carbocycles. The van der Waals surface area contributed by atoms with Crippen molar-refractivity contribution < 1.29 is 18.3 Å². The SMILES string of the molecule is Cn1c(=O)n(CC(F)(F)F)c2cc3c(cc21)nc(N)n3CCC(C)(C)O. The second-order valence-corrected chi connectivity index (χ2v) is 7.06. The molecular formula is C16H20F3N5O2. The molecule has 26 heavy (non-hydrogen) atoms. The molecule has 0 bridgehead atoms. The summed E-state index contributed by atoms with van der Waals surface area (Å²) in [5, 5.41) is 9.91. The molecule has 0 spiro atoms. The smallest absolute Gasteiger partial charge is 0.390 e. The van der Waals surface area contributed by atoms with E-state index >= 15 is 0 Å². The van der Waals surface area contributed by atoms with Gasteiger partial charge in [-0.25, -0.2) is 9.78 Å². The summed E-state index contributed by atoms with van der Waals surface area (Å²) in [7, 11) is 1.41. The fraction of sp³-hybridized carbons (Fsp3) is 0.500. The summed E-state index contributed by atoms with van der Waals surface area (Å²) in [6, 6.07) is 3.04. The second-order valence-electron chi connectivity index (χ2n) is 7.06. The van der Waals surface area contributed by atoms with E-state index in [2.05, 4.69) is 4.98 Å². The first-order chi connectivity index (χ1) is 11.9. The number of aromatic nitrogens is 4. The number of imidazole rings is 2. The van der Waals surface area contributed by atoms with Crippen molar-refractivity contribution in [2.75, 3.05) is 5.73 Å². The second kappa shape index (κ2) is 5.76. The molecule has 142 valence electrons. The summed E-state index contributed by atoms with van der Waals surface area (Å²) in [4.78, 5) is 16.4. The number of benzene rings is 1. The Kier molecular flexibility index (Phi) is 4.06. The maximum absolute atomic E-state index is 12.9. The standard InChI is InChI=1S/C16H20F3N5O2/c1-15(2,26)4-5-23-10-7-12-11(6-9(10)21-13(23)20)22(3)14(25)24(12)8-16(17,18)19/h6-7,26H,4-5,8H2,1-3H3,(H2,20,21). The summed E-state index contributed by atoms with van der Waals surface area (Å²) in [5.41, 5.74) is 5.75. The van der Waals surface area contributed by atoms with Gasteiger partial charge in [-0.3, -0.25) is 9.13 Å². The van der Waals surface area contributed by atoms with Crippen LogP contribution in [0.1, 0.15) is 20.3 Å². The van der Waals surface area contributed by atoms with Gasteiger partial charge in [0.25, 0.3) is 0 Å². The summed E-state index contributed by atoms with van der Waals surface area (Å²) in [5.74, 6) is 0.198. The van der Waals surface area contributed by atoms with Gasteiger partial charge in [-0.1, -0.05) is 0 Å². The third-order valence-electron chi connectivity index (χ3n) is 4.33. The van der Waals surface area contributed by atoms with Gasteiger partial charge in [-0.2, -0.15) is 13.2 Å². The lowest BCUT2D eigenvalue weighted by Crippen LogP contribution is -2.28. The van der Waals surface area contributed by atoms with E-state index in [1.54, 1.807) is 24.5 Å². The summed E-state index contributed by atoms with van der Waals surface area (Å²) >= 11 is 0. The highest BCUT2D eigenvalue weighted by atomic mass is 19.4. The van der Waals surface area contributed by atoms with Crippen LogP contribution in [0.4, 0.5) is 19.1 Å². The Morgan fingerprint density at radius 1 is 1.15 bits per heavy atom. The van der Waals surface area contributed by atoms with Gasteiger partial charge < -0.3 is 15.4 Å². The highest BCUT2D eigenvalue weighted by molar-refractivity contribution is 5.93. The van der Waals surface area contributed by atoms with Gasteiger partial charge in [0.05, 0.1) is 27.7 Å². The van der Waals surface area contributed by atoms with Crippen LogP contribution in [0.3, 0.4) is 0 Å².